The molecule has 6 nitrogen and oxygen atoms in total. The molecule has 2 aromatic rings. The first-order valence-corrected chi connectivity index (χ1v) is 5.92. The van der Waals surface area contributed by atoms with Crippen LogP contribution < -0.4 is 0 Å². The average Bonchev–Trinajstić information content (AvgIpc) is 2.76. The summed E-state index contributed by atoms with van der Waals surface area (Å²) in [6.45, 7) is 3.48. The molecule has 0 saturated carbocycles. The SMILES string of the molecule is CCOC(=O)C(O)C(O)c1ccc2nc(C)oc2c1. The molecule has 0 aliphatic heterocycles. The molecular formula is C13H15NO5. The number of benzene rings is 1. The van der Waals surface area contributed by atoms with Crippen molar-refractivity contribution in [2.45, 2.75) is 26.1 Å². The first kappa shape index (κ1) is 13.5. The lowest BCUT2D eigenvalue weighted by Gasteiger charge is -2.16. The van der Waals surface area contributed by atoms with Crippen molar-refractivity contribution in [3.63, 3.8) is 0 Å². The van der Waals surface area contributed by atoms with Crippen LogP contribution in [0.2, 0.25) is 0 Å². The van der Waals surface area contributed by atoms with Crippen LogP contribution in [0.3, 0.4) is 0 Å². The predicted molar refractivity (Wildman–Crippen MR) is 66.3 cm³/mol. The van der Waals surface area contributed by atoms with E-state index in [9.17, 15) is 15.0 Å². The highest BCUT2D eigenvalue weighted by atomic mass is 16.5. The molecule has 19 heavy (non-hydrogen) atoms. The van der Waals surface area contributed by atoms with Gasteiger partial charge in [-0.1, -0.05) is 6.07 Å². The van der Waals surface area contributed by atoms with Gasteiger partial charge in [0.15, 0.2) is 17.6 Å². The van der Waals surface area contributed by atoms with Gasteiger partial charge < -0.3 is 19.4 Å². The van der Waals surface area contributed by atoms with E-state index in [-0.39, 0.29) is 6.61 Å². The molecule has 0 radical (unpaired) electrons. The highest BCUT2D eigenvalue weighted by molar-refractivity contribution is 5.77. The number of fused-ring (bicyclic) bond motifs is 1. The van der Waals surface area contributed by atoms with E-state index in [2.05, 4.69) is 9.72 Å². The smallest absolute Gasteiger partial charge is 0.338 e. The Morgan fingerprint density at radius 3 is 2.89 bits per heavy atom. The van der Waals surface area contributed by atoms with Crippen LogP contribution in [0.4, 0.5) is 0 Å². The van der Waals surface area contributed by atoms with Gasteiger partial charge in [0.25, 0.3) is 0 Å². The van der Waals surface area contributed by atoms with Crippen molar-refractivity contribution in [3.05, 3.63) is 29.7 Å². The fourth-order valence-electron chi connectivity index (χ4n) is 1.78. The number of rotatable bonds is 4. The molecule has 1 heterocycles. The third kappa shape index (κ3) is 2.74. The largest absolute Gasteiger partial charge is 0.464 e. The molecule has 0 spiro atoms. The zero-order valence-electron chi connectivity index (χ0n) is 10.7. The van der Waals surface area contributed by atoms with Gasteiger partial charge in [0.2, 0.25) is 0 Å². The molecule has 0 fully saturated rings. The topological polar surface area (TPSA) is 92.8 Å². The van der Waals surface area contributed by atoms with Crippen LogP contribution in [0.1, 0.15) is 24.5 Å². The third-order valence-corrected chi connectivity index (χ3v) is 2.69. The van der Waals surface area contributed by atoms with Gasteiger partial charge in [-0.25, -0.2) is 9.78 Å². The predicted octanol–water partition coefficient (Wildman–Crippen LogP) is 1.09. The summed E-state index contributed by atoms with van der Waals surface area (Å²) in [5.41, 5.74) is 1.51. The van der Waals surface area contributed by atoms with Gasteiger partial charge in [-0.15, -0.1) is 0 Å². The summed E-state index contributed by atoms with van der Waals surface area (Å²) >= 11 is 0. The molecule has 1 aromatic heterocycles. The Labute approximate surface area is 109 Å². The molecule has 2 unspecified atom stereocenters. The molecule has 0 saturated heterocycles. The van der Waals surface area contributed by atoms with E-state index < -0.39 is 18.2 Å². The summed E-state index contributed by atoms with van der Waals surface area (Å²) in [5, 5.41) is 19.6. The fourth-order valence-corrected chi connectivity index (χ4v) is 1.78. The van der Waals surface area contributed by atoms with Gasteiger partial charge >= 0.3 is 5.97 Å². The van der Waals surface area contributed by atoms with Gasteiger partial charge in [-0.3, -0.25) is 0 Å². The first-order valence-electron chi connectivity index (χ1n) is 5.92. The molecule has 0 bridgehead atoms. The summed E-state index contributed by atoms with van der Waals surface area (Å²) in [7, 11) is 0. The maximum absolute atomic E-state index is 11.4. The van der Waals surface area contributed by atoms with E-state index in [1.165, 1.54) is 0 Å². The minimum absolute atomic E-state index is 0.142. The van der Waals surface area contributed by atoms with Gasteiger partial charge in [0.05, 0.1) is 6.61 Å². The molecule has 2 atom stereocenters. The number of carbonyl (C=O) groups excluding carboxylic acids is 1. The number of carbonyl (C=O) groups is 1. The standard InChI is InChI=1S/C13H15NO5/c1-3-18-13(17)12(16)11(15)8-4-5-9-10(6-8)19-7(2)14-9/h4-6,11-12,15-16H,3H2,1-2H3. The van der Waals surface area contributed by atoms with Crippen molar-refractivity contribution in [1.29, 1.82) is 0 Å². The summed E-state index contributed by atoms with van der Waals surface area (Å²) in [4.78, 5) is 15.5. The van der Waals surface area contributed by atoms with Crippen LogP contribution >= 0.6 is 0 Å². The van der Waals surface area contributed by atoms with Crippen LogP contribution in [0.5, 0.6) is 0 Å². The Morgan fingerprint density at radius 2 is 2.21 bits per heavy atom. The Morgan fingerprint density at radius 1 is 1.47 bits per heavy atom. The van der Waals surface area contributed by atoms with E-state index in [4.69, 9.17) is 4.42 Å². The maximum atomic E-state index is 11.4. The van der Waals surface area contributed by atoms with Crippen molar-refractivity contribution in [3.8, 4) is 0 Å². The molecule has 0 amide bonds. The van der Waals surface area contributed by atoms with Gasteiger partial charge in [-0.05, 0) is 24.6 Å². The number of aryl methyl sites for hydroxylation is 1. The highest BCUT2D eigenvalue weighted by Crippen LogP contribution is 2.23. The van der Waals surface area contributed by atoms with Gasteiger partial charge in [-0.2, -0.15) is 0 Å². The minimum atomic E-state index is -1.62. The molecule has 2 rings (SSSR count). The summed E-state index contributed by atoms with van der Waals surface area (Å²) in [6.07, 6.45) is -2.99. The van der Waals surface area contributed by atoms with Crippen LogP contribution in [-0.2, 0) is 9.53 Å². The first-order chi connectivity index (χ1) is 9.02. The van der Waals surface area contributed by atoms with E-state index in [0.29, 0.717) is 22.6 Å². The summed E-state index contributed by atoms with van der Waals surface area (Å²) in [6, 6.07) is 4.78. The quantitative estimate of drug-likeness (QED) is 0.804. The number of aromatic nitrogens is 1. The van der Waals surface area contributed by atoms with Crippen LogP contribution in [-0.4, -0.2) is 33.9 Å². The monoisotopic (exact) mass is 265 g/mol. The summed E-state index contributed by atoms with van der Waals surface area (Å²) < 4.78 is 9.98. The number of hydrogen-bond acceptors (Lipinski definition) is 6. The van der Waals surface area contributed by atoms with Crippen LogP contribution in [0, 0.1) is 6.92 Å². The lowest BCUT2D eigenvalue weighted by atomic mass is 10.0. The Balaban J connectivity index is 2.25. The van der Waals surface area contributed by atoms with Gasteiger partial charge in [0.1, 0.15) is 11.6 Å². The second-order valence-electron chi connectivity index (χ2n) is 4.10. The summed E-state index contributed by atoms with van der Waals surface area (Å²) in [5.74, 6) is -0.351. The second kappa shape index (κ2) is 5.38. The number of ether oxygens (including phenoxy) is 1. The lowest BCUT2D eigenvalue weighted by Crippen LogP contribution is -2.29. The normalized spacial score (nSPS) is 14.3. The van der Waals surface area contributed by atoms with Gasteiger partial charge in [0, 0.05) is 6.92 Å². The Bertz CT molecular complexity index is 592. The van der Waals surface area contributed by atoms with Crippen LogP contribution in [0.25, 0.3) is 11.1 Å². The zero-order chi connectivity index (χ0) is 14.0. The third-order valence-electron chi connectivity index (χ3n) is 2.69. The molecule has 0 aliphatic carbocycles. The van der Waals surface area contributed by atoms with Crippen LogP contribution in [0.15, 0.2) is 22.6 Å². The number of hydrogen-bond donors (Lipinski definition) is 2. The lowest BCUT2D eigenvalue weighted by molar-refractivity contribution is -0.159. The van der Waals surface area contributed by atoms with Crippen molar-refractivity contribution < 1.29 is 24.2 Å². The number of oxazole rings is 1. The van der Waals surface area contributed by atoms with E-state index in [1.807, 2.05) is 0 Å². The van der Waals surface area contributed by atoms with Crippen molar-refractivity contribution >= 4 is 17.1 Å². The average molecular weight is 265 g/mol. The molecule has 102 valence electrons. The van der Waals surface area contributed by atoms with Crippen molar-refractivity contribution in [1.82, 2.24) is 4.98 Å². The molecule has 6 heteroatoms. The molecular weight excluding hydrogens is 250 g/mol. The fraction of sp³-hybridized carbons (Fsp3) is 0.385. The van der Waals surface area contributed by atoms with Crippen molar-refractivity contribution in [2.75, 3.05) is 6.61 Å². The number of aliphatic hydroxyl groups is 2. The second-order valence-corrected chi connectivity index (χ2v) is 4.10. The molecule has 1 aromatic carbocycles. The van der Waals surface area contributed by atoms with E-state index in [1.54, 1.807) is 32.0 Å². The number of nitrogens with zero attached hydrogens (tertiary/aromatic N) is 1. The Hall–Kier alpha value is -1.92. The van der Waals surface area contributed by atoms with E-state index >= 15 is 0 Å². The number of aliphatic hydroxyl groups excluding tert-OH is 2. The zero-order valence-corrected chi connectivity index (χ0v) is 10.7. The molecule has 2 N–H and O–H groups in total. The van der Waals surface area contributed by atoms with E-state index in [0.717, 1.165) is 0 Å². The number of esters is 1. The Kier molecular flexibility index (Phi) is 3.82. The maximum Gasteiger partial charge on any atom is 0.338 e. The highest BCUT2D eigenvalue weighted by Gasteiger charge is 2.27. The van der Waals surface area contributed by atoms with Crippen molar-refractivity contribution in [2.24, 2.45) is 0 Å². The molecule has 0 aliphatic rings. The minimum Gasteiger partial charge on any atom is -0.464 e.